The van der Waals surface area contributed by atoms with Crippen molar-refractivity contribution < 1.29 is 19.4 Å². The van der Waals surface area contributed by atoms with Gasteiger partial charge >= 0.3 is 5.97 Å². The zero-order chi connectivity index (χ0) is 17.4. The zero-order valence-corrected chi connectivity index (χ0v) is 14.4. The van der Waals surface area contributed by atoms with Gasteiger partial charge in [-0.25, -0.2) is 4.79 Å². The van der Waals surface area contributed by atoms with Crippen LogP contribution in [-0.2, 0) is 9.53 Å². The fourth-order valence-electron chi connectivity index (χ4n) is 2.25. The highest BCUT2D eigenvalue weighted by Gasteiger charge is 2.16. The first-order valence-electron chi connectivity index (χ1n) is 8.06. The number of ether oxygens (including phenoxy) is 1. The molecule has 0 bridgehead atoms. The predicted molar refractivity (Wildman–Crippen MR) is 89.4 cm³/mol. The molecule has 2 N–H and O–H groups in total. The summed E-state index contributed by atoms with van der Waals surface area (Å²) >= 11 is 0. The van der Waals surface area contributed by atoms with Gasteiger partial charge in [0.05, 0.1) is 0 Å². The lowest BCUT2D eigenvalue weighted by Crippen LogP contribution is -2.35. The van der Waals surface area contributed by atoms with Crippen molar-refractivity contribution >= 4 is 11.9 Å². The van der Waals surface area contributed by atoms with Gasteiger partial charge in [0.1, 0.15) is 11.3 Å². The topological polar surface area (TPSA) is 75.6 Å². The summed E-state index contributed by atoms with van der Waals surface area (Å²) in [7, 11) is 0. The van der Waals surface area contributed by atoms with Gasteiger partial charge < -0.3 is 15.2 Å². The van der Waals surface area contributed by atoms with Crippen LogP contribution in [0.4, 0.5) is 0 Å². The van der Waals surface area contributed by atoms with Crippen molar-refractivity contribution in [3.8, 4) is 5.75 Å². The molecule has 1 amide bonds. The van der Waals surface area contributed by atoms with Crippen molar-refractivity contribution in [2.45, 2.75) is 53.0 Å². The Balaban J connectivity index is 2.38. The number of aryl methyl sites for hydroxylation is 1. The molecular weight excluding hydrogens is 294 g/mol. The Labute approximate surface area is 138 Å². The van der Waals surface area contributed by atoms with Gasteiger partial charge in [0.15, 0.2) is 6.61 Å². The summed E-state index contributed by atoms with van der Waals surface area (Å²) in [5.41, 5.74) is 0.658. The second-order valence-electron chi connectivity index (χ2n) is 6.34. The number of carbonyl (C=O) groups excluding carboxylic acids is 2. The van der Waals surface area contributed by atoms with Gasteiger partial charge in [0.2, 0.25) is 0 Å². The zero-order valence-electron chi connectivity index (χ0n) is 14.4. The van der Waals surface area contributed by atoms with Crippen molar-refractivity contribution in [1.82, 2.24) is 5.32 Å². The molecule has 0 aliphatic heterocycles. The fraction of sp³-hybridized carbons (Fsp3) is 0.556. The van der Waals surface area contributed by atoms with Gasteiger partial charge in [-0.1, -0.05) is 38.8 Å². The van der Waals surface area contributed by atoms with E-state index in [1.165, 1.54) is 6.07 Å². The van der Waals surface area contributed by atoms with Crippen LogP contribution >= 0.6 is 0 Å². The minimum Gasteiger partial charge on any atom is -0.507 e. The minimum absolute atomic E-state index is 0.0484. The number of aromatic hydroxyl groups is 1. The quantitative estimate of drug-likeness (QED) is 0.721. The monoisotopic (exact) mass is 321 g/mol. The maximum absolute atomic E-state index is 11.9. The first kappa shape index (κ1) is 19.0. The second kappa shape index (κ2) is 9.18. The third kappa shape index (κ3) is 6.72. The summed E-state index contributed by atoms with van der Waals surface area (Å²) < 4.78 is 4.96. The molecule has 1 aromatic carbocycles. The van der Waals surface area contributed by atoms with Gasteiger partial charge in [-0.2, -0.15) is 0 Å². The Morgan fingerprint density at radius 2 is 1.91 bits per heavy atom. The number of amides is 1. The number of hydrogen-bond donors (Lipinski definition) is 2. The highest BCUT2D eigenvalue weighted by atomic mass is 16.5. The number of nitrogens with one attached hydrogen (secondary N) is 1. The Bertz CT molecular complexity index is 540. The average molecular weight is 321 g/mol. The molecule has 1 rings (SSSR count). The number of carbonyl (C=O) groups is 2. The van der Waals surface area contributed by atoms with E-state index in [1.54, 1.807) is 19.1 Å². The predicted octanol–water partition coefficient (Wildman–Crippen LogP) is 3.19. The highest BCUT2D eigenvalue weighted by molar-refractivity contribution is 5.94. The molecule has 1 atom stereocenters. The summed E-state index contributed by atoms with van der Waals surface area (Å²) in [6, 6.07) is 4.87. The first-order chi connectivity index (χ1) is 10.8. The van der Waals surface area contributed by atoms with E-state index in [2.05, 4.69) is 19.2 Å². The van der Waals surface area contributed by atoms with Crippen LogP contribution < -0.4 is 5.32 Å². The van der Waals surface area contributed by atoms with Crippen molar-refractivity contribution in [3.63, 3.8) is 0 Å². The Hall–Kier alpha value is -2.04. The molecule has 0 spiro atoms. The van der Waals surface area contributed by atoms with Crippen LogP contribution in [0.25, 0.3) is 0 Å². The molecule has 1 unspecified atom stereocenters. The number of rotatable bonds is 8. The molecule has 0 aromatic heterocycles. The average Bonchev–Trinajstić information content (AvgIpc) is 2.47. The lowest BCUT2D eigenvalue weighted by atomic mass is 10.0. The third-order valence-electron chi connectivity index (χ3n) is 3.62. The summed E-state index contributed by atoms with van der Waals surface area (Å²) in [6.45, 7) is 7.62. The molecule has 0 saturated heterocycles. The van der Waals surface area contributed by atoms with Gasteiger partial charge in [-0.05, 0) is 37.8 Å². The van der Waals surface area contributed by atoms with E-state index in [1.807, 2.05) is 6.92 Å². The normalized spacial score (nSPS) is 12.0. The third-order valence-corrected chi connectivity index (χ3v) is 3.62. The molecule has 0 heterocycles. The fourth-order valence-corrected chi connectivity index (χ4v) is 2.25. The van der Waals surface area contributed by atoms with Crippen LogP contribution in [0, 0.1) is 12.8 Å². The molecule has 0 aliphatic carbocycles. The van der Waals surface area contributed by atoms with E-state index in [0.29, 0.717) is 11.5 Å². The molecule has 1 aromatic rings. The lowest BCUT2D eigenvalue weighted by Gasteiger charge is -2.14. The molecule has 23 heavy (non-hydrogen) atoms. The number of esters is 1. The number of phenols is 1. The minimum atomic E-state index is -0.700. The van der Waals surface area contributed by atoms with E-state index in [4.69, 9.17) is 4.74 Å². The van der Waals surface area contributed by atoms with Gasteiger partial charge in [-0.3, -0.25) is 4.79 Å². The lowest BCUT2D eigenvalue weighted by molar-refractivity contribution is -0.124. The molecule has 5 nitrogen and oxygen atoms in total. The Morgan fingerprint density at radius 3 is 2.57 bits per heavy atom. The molecule has 5 heteroatoms. The van der Waals surface area contributed by atoms with E-state index in [9.17, 15) is 14.7 Å². The van der Waals surface area contributed by atoms with E-state index >= 15 is 0 Å². The van der Waals surface area contributed by atoms with Crippen LogP contribution in [0.15, 0.2) is 18.2 Å². The summed E-state index contributed by atoms with van der Waals surface area (Å²) in [6.07, 6.45) is 3.08. The SMILES string of the molecule is Cc1cccc(C(=O)OCC(=O)NC(C)CCCC(C)C)c1O. The van der Waals surface area contributed by atoms with Gasteiger partial charge in [0.25, 0.3) is 5.91 Å². The molecular formula is C18H27NO4. The number of phenolic OH excluding ortho intramolecular Hbond substituents is 1. The van der Waals surface area contributed by atoms with E-state index < -0.39 is 5.97 Å². The van der Waals surface area contributed by atoms with Gasteiger partial charge in [-0.15, -0.1) is 0 Å². The van der Waals surface area contributed by atoms with Crippen LogP contribution in [0.5, 0.6) is 5.75 Å². The Kier molecular flexibility index (Phi) is 7.59. The Morgan fingerprint density at radius 1 is 1.22 bits per heavy atom. The van der Waals surface area contributed by atoms with Crippen LogP contribution in [0.1, 0.15) is 56.0 Å². The largest absolute Gasteiger partial charge is 0.507 e. The standard InChI is InChI=1S/C18H27NO4/c1-12(2)7-5-9-14(4)19-16(20)11-23-18(22)15-10-6-8-13(3)17(15)21/h6,8,10,12,14,21H,5,7,9,11H2,1-4H3,(H,19,20). The highest BCUT2D eigenvalue weighted by Crippen LogP contribution is 2.21. The maximum Gasteiger partial charge on any atom is 0.342 e. The van der Waals surface area contributed by atoms with E-state index in [0.717, 1.165) is 19.3 Å². The number of hydrogen-bond acceptors (Lipinski definition) is 4. The van der Waals surface area contributed by atoms with Crippen molar-refractivity contribution in [1.29, 1.82) is 0 Å². The summed E-state index contributed by atoms with van der Waals surface area (Å²) in [5.74, 6) is -0.489. The molecule has 0 radical (unpaired) electrons. The van der Waals surface area contributed by atoms with E-state index in [-0.39, 0.29) is 29.9 Å². The van der Waals surface area contributed by atoms with Crippen LogP contribution in [0.3, 0.4) is 0 Å². The number of benzene rings is 1. The molecule has 0 aliphatic rings. The molecule has 128 valence electrons. The maximum atomic E-state index is 11.9. The summed E-state index contributed by atoms with van der Waals surface area (Å²) in [5, 5.41) is 12.6. The molecule has 0 saturated carbocycles. The summed E-state index contributed by atoms with van der Waals surface area (Å²) in [4.78, 5) is 23.7. The number of para-hydroxylation sites is 1. The van der Waals surface area contributed by atoms with Crippen molar-refractivity contribution in [3.05, 3.63) is 29.3 Å². The van der Waals surface area contributed by atoms with Crippen LogP contribution in [0.2, 0.25) is 0 Å². The van der Waals surface area contributed by atoms with Crippen molar-refractivity contribution in [2.24, 2.45) is 5.92 Å². The smallest absolute Gasteiger partial charge is 0.342 e. The van der Waals surface area contributed by atoms with Gasteiger partial charge in [0, 0.05) is 6.04 Å². The first-order valence-corrected chi connectivity index (χ1v) is 8.06. The second-order valence-corrected chi connectivity index (χ2v) is 6.34. The molecule has 0 fully saturated rings. The van der Waals surface area contributed by atoms with Crippen LogP contribution in [-0.4, -0.2) is 29.6 Å². The van der Waals surface area contributed by atoms with Crippen molar-refractivity contribution in [2.75, 3.05) is 6.61 Å².